The summed E-state index contributed by atoms with van der Waals surface area (Å²) in [7, 11) is 0. The molecule has 3 heterocycles. The standard InChI is InChI=1S/C60H40N4O/c1-60(2)51-28-11-9-24-44(51)48-35-49-45-25-10-12-29-53(45)64(54(49)36-52(48)60)43-30-31-55-50(34-43)46-26-15-27-47(56(46)65-55)59-62-57(41-22-13-20-39(32-41)37-16-5-3-6-17-37)61-58(63-59)42-23-14-21-40(33-42)38-18-7-4-8-19-38/h3-36H,1-2H3. The number of benzene rings is 9. The molecule has 0 unspecified atom stereocenters. The Kier molecular flexibility index (Phi) is 8.18. The molecule has 0 radical (unpaired) electrons. The molecule has 0 atom stereocenters. The van der Waals surface area contributed by atoms with E-state index < -0.39 is 0 Å². The predicted molar refractivity (Wildman–Crippen MR) is 266 cm³/mol. The lowest BCUT2D eigenvalue weighted by Gasteiger charge is -2.21. The van der Waals surface area contributed by atoms with Crippen molar-refractivity contribution in [3.05, 3.63) is 217 Å². The molecule has 65 heavy (non-hydrogen) atoms. The second-order valence-corrected chi connectivity index (χ2v) is 17.6. The Hall–Kier alpha value is -8.41. The molecule has 9 aromatic carbocycles. The molecule has 1 aliphatic rings. The Bertz CT molecular complexity index is 3760. The summed E-state index contributed by atoms with van der Waals surface area (Å²) in [6, 6.07) is 73.0. The minimum absolute atomic E-state index is 0.118. The molecule has 12 aromatic rings. The second-order valence-electron chi connectivity index (χ2n) is 17.6. The number of para-hydroxylation sites is 2. The van der Waals surface area contributed by atoms with Crippen LogP contribution in [0.15, 0.2) is 211 Å². The summed E-state index contributed by atoms with van der Waals surface area (Å²) in [5.41, 5.74) is 17.3. The molecule has 0 aliphatic heterocycles. The number of hydrogen-bond donors (Lipinski definition) is 0. The largest absolute Gasteiger partial charge is 0.455 e. The fourth-order valence-corrected chi connectivity index (χ4v) is 10.2. The normalized spacial score (nSPS) is 12.9. The van der Waals surface area contributed by atoms with Gasteiger partial charge in [-0.2, -0.15) is 0 Å². The zero-order chi connectivity index (χ0) is 43.2. The van der Waals surface area contributed by atoms with Gasteiger partial charge in [-0.15, -0.1) is 0 Å². The van der Waals surface area contributed by atoms with Crippen molar-refractivity contribution in [2.75, 3.05) is 0 Å². The van der Waals surface area contributed by atoms with Crippen molar-refractivity contribution >= 4 is 43.7 Å². The van der Waals surface area contributed by atoms with Gasteiger partial charge in [-0.25, -0.2) is 15.0 Å². The second kappa shape index (κ2) is 14.3. The van der Waals surface area contributed by atoms with E-state index in [1.165, 1.54) is 44.1 Å². The van der Waals surface area contributed by atoms with Crippen molar-refractivity contribution in [3.8, 4) is 73.2 Å². The molecule has 0 spiro atoms. The van der Waals surface area contributed by atoms with E-state index in [0.717, 1.165) is 66.6 Å². The zero-order valence-corrected chi connectivity index (χ0v) is 35.8. The van der Waals surface area contributed by atoms with Gasteiger partial charge in [-0.1, -0.05) is 166 Å². The molecule has 13 rings (SSSR count). The number of nitrogens with zero attached hydrogens (tertiary/aromatic N) is 4. The van der Waals surface area contributed by atoms with Crippen LogP contribution in [0.1, 0.15) is 25.0 Å². The van der Waals surface area contributed by atoms with Gasteiger partial charge in [0.2, 0.25) is 0 Å². The quantitative estimate of drug-likeness (QED) is 0.167. The highest BCUT2D eigenvalue weighted by Gasteiger charge is 2.36. The van der Waals surface area contributed by atoms with Gasteiger partial charge in [0.1, 0.15) is 11.2 Å². The minimum atomic E-state index is -0.118. The molecular formula is C60H40N4O. The molecule has 1 aliphatic carbocycles. The molecule has 3 aromatic heterocycles. The van der Waals surface area contributed by atoms with Crippen LogP contribution < -0.4 is 0 Å². The maximum absolute atomic E-state index is 6.84. The maximum atomic E-state index is 6.84. The lowest BCUT2D eigenvalue weighted by Crippen LogP contribution is -2.14. The van der Waals surface area contributed by atoms with Crippen molar-refractivity contribution in [1.82, 2.24) is 19.5 Å². The van der Waals surface area contributed by atoms with Crippen LogP contribution in [-0.2, 0) is 5.41 Å². The molecule has 0 N–H and O–H groups in total. The fraction of sp³-hybridized carbons (Fsp3) is 0.0500. The van der Waals surface area contributed by atoms with Crippen LogP contribution >= 0.6 is 0 Å². The maximum Gasteiger partial charge on any atom is 0.167 e. The van der Waals surface area contributed by atoms with Crippen molar-refractivity contribution in [3.63, 3.8) is 0 Å². The first-order chi connectivity index (χ1) is 32.0. The highest BCUT2D eigenvalue weighted by atomic mass is 16.3. The smallest absolute Gasteiger partial charge is 0.167 e. The summed E-state index contributed by atoms with van der Waals surface area (Å²) in [5.74, 6) is 1.73. The zero-order valence-electron chi connectivity index (χ0n) is 35.8. The topological polar surface area (TPSA) is 56.7 Å². The predicted octanol–water partition coefficient (Wildman–Crippen LogP) is 15.5. The van der Waals surface area contributed by atoms with Crippen LogP contribution in [0.5, 0.6) is 0 Å². The molecule has 0 saturated heterocycles. The van der Waals surface area contributed by atoms with Crippen molar-refractivity contribution < 1.29 is 4.42 Å². The third-order valence-electron chi connectivity index (χ3n) is 13.4. The third kappa shape index (κ3) is 5.89. The summed E-state index contributed by atoms with van der Waals surface area (Å²) in [6.45, 7) is 4.69. The lowest BCUT2D eigenvalue weighted by atomic mass is 9.82. The van der Waals surface area contributed by atoms with Crippen molar-refractivity contribution in [2.45, 2.75) is 19.3 Å². The molecule has 0 fully saturated rings. The third-order valence-corrected chi connectivity index (χ3v) is 13.4. The van der Waals surface area contributed by atoms with Crippen LogP contribution in [-0.4, -0.2) is 19.5 Å². The summed E-state index contributed by atoms with van der Waals surface area (Å²) in [5, 5.41) is 4.51. The van der Waals surface area contributed by atoms with E-state index in [1.807, 2.05) is 12.1 Å². The Labute approximate surface area is 376 Å². The summed E-state index contributed by atoms with van der Waals surface area (Å²) >= 11 is 0. The van der Waals surface area contributed by atoms with Gasteiger partial charge in [0.15, 0.2) is 17.5 Å². The molecule has 0 bridgehead atoms. The first-order valence-corrected chi connectivity index (χ1v) is 22.2. The number of fused-ring (bicyclic) bond motifs is 9. The van der Waals surface area contributed by atoms with E-state index >= 15 is 0 Å². The van der Waals surface area contributed by atoms with Gasteiger partial charge in [0.25, 0.3) is 0 Å². The lowest BCUT2D eigenvalue weighted by molar-refractivity contribution is 0.661. The molecule has 306 valence electrons. The minimum Gasteiger partial charge on any atom is -0.455 e. The van der Waals surface area contributed by atoms with Crippen LogP contribution in [0.2, 0.25) is 0 Å². The first-order valence-electron chi connectivity index (χ1n) is 22.2. The number of hydrogen-bond acceptors (Lipinski definition) is 4. The SMILES string of the molecule is CC1(C)c2ccccc2-c2cc3c4ccccc4n(-c4ccc5oc6c(-c7nc(-c8cccc(-c9ccccc9)c8)nc(-c8cccc(-c9ccccc9)c8)n7)cccc6c5c4)c3cc21. The molecule has 0 saturated carbocycles. The van der Waals surface area contributed by atoms with E-state index in [1.54, 1.807) is 0 Å². The first kappa shape index (κ1) is 37.2. The Morgan fingerprint density at radius 1 is 0.369 bits per heavy atom. The number of rotatable bonds is 6. The average molecular weight is 833 g/mol. The summed E-state index contributed by atoms with van der Waals surface area (Å²) in [4.78, 5) is 15.6. The molecule has 5 nitrogen and oxygen atoms in total. The van der Waals surface area contributed by atoms with Gasteiger partial charge >= 0.3 is 0 Å². The number of aromatic nitrogens is 4. The van der Waals surface area contributed by atoms with E-state index in [2.05, 4.69) is 213 Å². The van der Waals surface area contributed by atoms with Crippen molar-refractivity contribution in [1.29, 1.82) is 0 Å². The van der Waals surface area contributed by atoms with Gasteiger partial charge in [-0.05, 0) is 99.1 Å². The van der Waals surface area contributed by atoms with Crippen LogP contribution in [0.4, 0.5) is 0 Å². The monoisotopic (exact) mass is 832 g/mol. The molecular weight excluding hydrogens is 793 g/mol. The highest BCUT2D eigenvalue weighted by Crippen LogP contribution is 2.51. The average Bonchev–Trinajstić information content (AvgIpc) is 3.98. The van der Waals surface area contributed by atoms with Gasteiger partial charge in [-0.3, -0.25) is 0 Å². The Morgan fingerprint density at radius 2 is 0.938 bits per heavy atom. The van der Waals surface area contributed by atoms with E-state index in [-0.39, 0.29) is 5.41 Å². The highest BCUT2D eigenvalue weighted by molar-refractivity contribution is 6.13. The number of furan rings is 1. The van der Waals surface area contributed by atoms with E-state index in [4.69, 9.17) is 19.4 Å². The van der Waals surface area contributed by atoms with Gasteiger partial charge < -0.3 is 8.98 Å². The summed E-state index contributed by atoms with van der Waals surface area (Å²) < 4.78 is 9.26. The van der Waals surface area contributed by atoms with Gasteiger partial charge in [0, 0.05) is 43.8 Å². The van der Waals surface area contributed by atoms with E-state index in [0.29, 0.717) is 17.5 Å². The fourth-order valence-electron chi connectivity index (χ4n) is 10.2. The van der Waals surface area contributed by atoms with Crippen LogP contribution in [0, 0.1) is 0 Å². The van der Waals surface area contributed by atoms with Crippen LogP contribution in [0.25, 0.3) is 117 Å². The van der Waals surface area contributed by atoms with Gasteiger partial charge in [0.05, 0.1) is 16.6 Å². The molecule has 0 amide bonds. The Balaban J connectivity index is 0.985. The Morgan fingerprint density at radius 3 is 1.66 bits per heavy atom. The summed E-state index contributed by atoms with van der Waals surface area (Å²) in [6.07, 6.45) is 0. The molecule has 5 heteroatoms. The van der Waals surface area contributed by atoms with E-state index in [9.17, 15) is 0 Å². The van der Waals surface area contributed by atoms with Crippen LogP contribution in [0.3, 0.4) is 0 Å². The van der Waals surface area contributed by atoms with Crippen molar-refractivity contribution in [2.24, 2.45) is 0 Å².